The first-order valence-electron chi connectivity index (χ1n) is 6.33. The summed E-state index contributed by atoms with van der Waals surface area (Å²) in [5.74, 6) is -0.557. The Kier molecular flexibility index (Phi) is 4.23. The highest BCUT2D eigenvalue weighted by Crippen LogP contribution is 2.21. The number of carbonyl (C=O) groups is 2. The monoisotopic (exact) mass is 285 g/mol. The smallest absolute Gasteiger partial charge is 0.335 e. The second-order valence-electron chi connectivity index (χ2n) is 4.60. The molecular weight excluding hydrogens is 270 g/mol. The summed E-state index contributed by atoms with van der Waals surface area (Å²) in [4.78, 5) is 22.2. The van der Waals surface area contributed by atoms with Crippen LogP contribution in [0, 0.1) is 0 Å². The van der Waals surface area contributed by atoms with Crippen LogP contribution in [0.3, 0.4) is 0 Å². The molecule has 0 unspecified atom stereocenters. The summed E-state index contributed by atoms with van der Waals surface area (Å²) in [5, 5.41) is 8.92. The summed E-state index contributed by atoms with van der Waals surface area (Å²) < 4.78 is 5.56. The lowest BCUT2D eigenvalue weighted by Gasteiger charge is -2.09. The Balaban J connectivity index is 2.10. The molecule has 0 aromatic heterocycles. The van der Waals surface area contributed by atoms with Gasteiger partial charge in [-0.1, -0.05) is 12.1 Å². The number of carboxylic acid groups (broad SMARTS) is 1. The van der Waals surface area contributed by atoms with E-state index >= 15 is 0 Å². The molecule has 0 heterocycles. The van der Waals surface area contributed by atoms with E-state index in [9.17, 15) is 9.59 Å². The highest BCUT2D eigenvalue weighted by Gasteiger charge is 2.07. The average molecular weight is 285 g/mol. The van der Waals surface area contributed by atoms with Crippen molar-refractivity contribution in [3.05, 3.63) is 59.2 Å². The van der Waals surface area contributed by atoms with Crippen molar-refractivity contribution in [3.63, 3.8) is 0 Å². The SMILES string of the molecule is CC(=O)c1ccc(OCc2cccc(C(=O)O)c2)cc1N. The Labute approximate surface area is 122 Å². The van der Waals surface area contributed by atoms with Gasteiger partial charge in [-0.25, -0.2) is 4.79 Å². The van der Waals surface area contributed by atoms with Gasteiger partial charge in [-0.15, -0.1) is 0 Å². The first kappa shape index (κ1) is 14.6. The topological polar surface area (TPSA) is 89.6 Å². The molecule has 0 aliphatic rings. The molecule has 0 aliphatic heterocycles. The van der Waals surface area contributed by atoms with Crippen molar-refractivity contribution >= 4 is 17.4 Å². The van der Waals surface area contributed by atoms with Crippen molar-refractivity contribution in [2.45, 2.75) is 13.5 Å². The lowest BCUT2D eigenvalue weighted by atomic mass is 10.1. The van der Waals surface area contributed by atoms with E-state index in [1.807, 2.05) is 0 Å². The van der Waals surface area contributed by atoms with E-state index in [1.54, 1.807) is 36.4 Å². The molecule has 2 rings (SSSR count). The minimum Gasteiger partial charge on any atom is -0.489 e. The van der Waals surface area contributed by atoms with Crippen LogP contribution >= 0.6 is 0 Å². The van der Waals surface area contributed by atoms with E-state index in [1.165, 1.54) is 13.0 Å². The fraction of sp³-hybridized carbons (Fsp3) is 0.125. The molecule has 0 radical (unpaired) electrons. The van der Waals surface area contributed by atoms with Crippen molar-refractivity contribution < 1.29 is 19.4 Å². The number of aromatic carboxylic acids is 1. The molecule has 0 saturated carbocycles. The number of carboxylic acids is 1. The minimum absolute atomic E-state index is 0.104. The van der Waals surface area contributed by atoms with Crippen molar-refractivity contribution in [3.8, 4) is 5.75 Å². The van der Waals surface area contributed by atoms with Gasteiger partial charge in [-0.2, -0.15) is 0 Å². The number of anilines is 1. The Morgan fingerprint density at radius 1 is 1.19 bits per heavy atom. The number of rotatable bonds is 5. The number of hydrogen-bond donors (Lipinski definition) is 2. The third-order valence-electron chi connectivity index (χ3n) is 2.98. The molecular formula is C16H15NO4. The predicted octanol–water partition coefficient (Wildman–Crippen LogP) is 2.75. The summed E-state index contributed by atoms with van der Waals surface area (Å²) >= 11 is 0. The number of hydrogen-bond acceptors (Lipinski definition) is 4. The number of ketones is 1. The Morgan fingerprint density at radius 2 is 1.95 bits per heavy atom. The molecule has 0 amide bonds. The number of ether oxygens (including phenoxy) is 1. The summed E-state index contributed by atoms with van der Waals surface area (Å²) in [6.45, 7) is 1.67. The molecule has 0 atom stereocenters. The lowest BCUT2D eigenvalue weighted by molar-refractivity contribution is 0.0696. The van der Waals surface area contributed by atoms with E-state index in [0.717, 1.165) is 5.56 Å². The first-order valence-corrected chi connectivity index (χ1v) is 6.33. The van der Waals surface area contributed by atoms with Gasteiger partial charge in [-0.3, -0.25) is 4.79 Å². The summed E-state index contributed by atoms with van der Waals surface area (Å²) in [6.07, 6.45) is 0. The highest BCUT2D eigenvalue weighted by atomic mass is 16.5. The van der Waals surface area contributed by atoms with Crippen LogP contribution in [0.2, 0.25) is 0 Å². The molecule has 0 spiro atoms. The Hall–Kier alpha value is -2.82. The number of carbonyl (C=O) groups excluding carboxylic acids is 1. The van der Waals surface area contributed by atoms with Crippen LogP contribution in [0.5, 0.6) is 5.75 Å². The van der Waals surface area contributed by atoms with Gasteiger partial charge in [-0.05, 0) is 36.8 Å². The zero-order chi connectivity index (χ0) is 15.4. The maximum atomic E-state index is 11.3. The van der Waals surface area contributed by atoms with E-state index < -0.39 is 5.97 Å². The highest BCUT2D eigenvalue weighted by molar-refractivity contribution is 5.99. The van der Waals surface area contributed by atoms with Gasteiger partial charge < -0.3 is 15.6 Å². The third kappa shape index (κ3) is 3.60. The van der Waals surface area contributed by atoms with Crippen LogP contribution in [0.25, 0.3) is 0 Å². The van der Waals surface area contributed by atoms with Gasteiger partial charge in [0.15, 0.2) is 5.78 Å². The molecule has 2 aromatic carbocycles. The van der Waals surface area contributed by atoms with Crippen LogP contribution < -0.4 is 10.5 Å². The van der Waals surface area contributed by atoms with Crippen molar-refractivity contribution in [2.75, 3.05) is 5.73 Å². The van der Waals surface area contributed by atoms with Crippen molar-refractivity contribution in [1.82, 2.24) is 0 Å². The zero-order valence-corrected chi connectivity index (χ0v) is 11.5. The van der Waals surface area contributed by atoms with Crippen LogP contribution in [0.4, 0.5) is 5.69 Å². The number of nitrogens with two attached hydrogens (primary N) is 1. The van der Waals surface area contributed by atoms with Crippen LogP contribution in [-0.2, 0) is 6.61 Å². The van der Waals surface area contributed by atoms with Gasteiger partial charge in [0, 0.05) is 17.3 Å². The number of benzene rings is 2. The lowest BCUT2D eigenvalue weighted by Crippen LogP contribution is -2.02. The van der Waals surface area contributed by atoms with E-state index in [0.29, 0.717) is 17.0 Å². The number of nitrogen functional groups attached to an aromatic ring is 1. The predicted molar refractivity (Wildman–Crippen MR) is 78.6 cm³/mol. The molecule has 3 N–H and O–H groups in total. The first-order chi connectivity index (χ1) is 9.97. The largest absolute Gasteiger partial charge is 0.489 e. The van der Waals surface area contributed by atoms with Crippen molar-refractivity contribution in [2.24, 2.45) is 0 Å². The summed E-state index contributed by atoms with van der Waals surface area (Å²) in [7, 11) is 0. The van der Waals surface area contributed by atoms with Crippen molar-refractivity contribution in [1.29, 1.82) is 0 Å². The standard InChI is InChI=1S/C16H15NO4/c1-10(18)14-6-5-13(8-15(14)17)21-9-11-3-2-4-12(7-11)16(19)20/h2-8H,9,17H2,1H3,(H,19,20). The van der Waals surface area contributed by atoms with E-state index in [4.69, 9.17) is 15.6 Å². The van der Waals surface area contributed by atoms with Gasteiger partial charge in [0.2, 0.25) is 0 Å². The average Bonchev–Trinajstić information content (AvgIpc) is 2.45. The van der Waals surface area contributed by atoms with Crippen LogP contribution in [-0.4, -0.2) is 16.9 Å². The molecule has 21 heavy (non-hydrogen) atoms. The molecule has 108 valence electrons. The maximum Gasteiger partial charge on any atom is 0.335 e. The molecule has 0 fully saturated rings. The molecule has 0 bridgehead atoms. The van der Waals surface area contributed by atoms with Gasteiger partial charge in [0.25, 0.3) is 0 Å². The van der Waals surface area contributed by atoms with Crippen LogP contribution in [0.15, 0.2) is 42.5 Å². The van der Waals surface area contributed by atoms with Gasteiger partial charge in [0.05, 0.1) is 5.56 Å². The zero-order valence-electron chi connectivity index (χ0n) is 11.5. The van der Waals surface area contributed by atoms with Gasteiger partial charge in [0.1, 0.15) is 12.4 Å². The minimum atomic E-state index is -0.980. The normalized spacial score (nSPS) is 10.1. The quantitative estimate of drug-likeness (QED) is 0.651. The molecule has 0 saturated heterocycles. The molecule has 5 heteroatoms. The molecule has 5 nitrogen and oxygen atoms in total. The van der Waals surface area contributed by atoms with Gasteiger partial charge >= 0.3 is 5.97 Å². The Bertz CT molecular complexity index is 694. The number of Topliss-reactive ketones (excluding diaryl/α,β-unsaturated/α-hetero) is 1. The van der Waals surface area contributed by atoms with E-state index in [-0.39, 0.29) is 18.0 Å². The molecule has 0 aliphatic carbocycles. The Morgan fingerprint density at radius 3 is 2.57 bits per heavy atom. The molecule has 2 aromatic rings. The van der Waals surface area contributed by atoms with E-state index in [2.05, 4.69) is 0 Å². The fourth-order valence-electron chi connectivity index (χ4n) is 1.91. The van der Waals surface area contributed by atoms with Crippen LogP contribution in [0.1, 0.15) is 33.2 Å². The second-order valence-corrected chi connectivity index (χ2v) is 4.60. The second kappa shape index (κ2) is 6.09. The summed E-state index contributed by atoms with van der Waals surface area (Å²) in [6, 6.07) is 11.4. The third-order valence-corrected chi connectivity index (χ3v) is 2.98. The summed E-state index contributed by atoms with van der Waals surface area (Å²) in [5.41, 5.74) is 7.54. The maximum absolute atomic E-state index is 11.3. The fourth-order valence-corrected chi connectivity index (χ4v) is 1.91.